The second kappa shape index (κ2) is 12.9. The monoisotopic (exact) mass is 437 g/mol. The predicted octanol–water partition coefficient (Wildman–Crippen LogP) is 0.852. The summed E-state index contributed by atoms with van der Waals surface area (Å²) in [6.45, 7) is 3.83. The summed E-state index contributed by atoms with van der Waals surface area (Å²) in [5, 5.41) is 6.98. The SMILES string of the molecule is CNC(=O)[C@H](Cc1ccccc1)NC(=O)C(CC(C)C)NC(=O)C(S)CC(=O)OC. The number of likely N-dealkylation sites (N-methyl/N-ethyl adjacent to an activating group) is 1. The summed E-state index contributed by atoms with van der Waals surface area (Å²) in [6.07, 6.45) is 0.463. The number of thiol groups is 1. The van der Waals surface area contributed by atoms with Gasteiger partial charge in [0.15, 0.2) is 0 Å². The minimum absolute atomic E-state index is 0.104. The molecule has 1 aromatic carbocycles. The van der Waals surface area contributed by atoms with E-state index in [0.717, 1.165) is 5.56 Å². The van der Waals surface area contributed by atoms with Crippen LogP contribution in [0.15, 0.2) is 30.3 Å². The highest BCUT2D eigenvalue weighted by molar-refractivity contribution is 7.81. The van der Waals surface area contributed by atoms with Gasteiger partial charge in [-0.05, 0) is 17.9 Å². The van der Waals surface area contributed by atoms with Gasteiger partial charge in [0, 0.05) is 13.5 Å². The van der Waals surface area contributed by atoms with Crippen LogP contribution in [-0.2, 0) is 30.3 Å². The Hall–Kier alpha value is -2.55. The summed E-state index contributed by atoms with van der Waals surface area (Å²) in [5.41, 5.74) is 0.893. The molecule has 166 valence electrons. The molecule has 9 heteroatoms. The van der Waals surface area contributed by atoms with Crippen molar-refractivity contribution in [3.8, 4) is 0 Å². The van der Waals surface area contributed by atoms with E-state index < -0.39 is 35.1 Å². The van der Waals surface area contributed by atoms with Crippen LogP contribution < -0.4 is 16.0 Å². The van der Waals surface area contributed by atoms with Crippen LogP contribution in [0.3, 0.4) is 0 Å². The van der Waals surface area contributed by atoms with Crippen molar-refractivity contribution in [3.63, 3.8) is 0 Å². The van der Waals surface area contributed by atoms with Crippen LogP contribution in [0, 0.1) is 5.92 Å². The molecule has 0 saturated carbocycles. The van der Waals surface area contributed by atoms with Gasteiger partial charge in [-0.15, -0.1) is 0 Å². The largest absolute Gasteiger partial charge is 0.469 e. The number of methoxy groups -OCH3 is 1. The Bertz CT molecular complexity index is 727. The minimum atomic E-state index is -0.945. The molecule has 0 spiro atoms. The lowest BCUT2D eigenvalue weighted by Crippen LogP contribution is -2.55. The lowest BCUT2D eigenvalue weighted by molar-refractivity contribution is -0.142. The Labute approximate surface area is 182 Å². The highest BCUT2D eigenvalue weighted by atomic mass is 32.1. The number of hydrogen-bond acceptors (Lipinski definition) is 6. The summed E-state index contributed by atoms with van der Waals surface area (Å²) in [6, 6.07) is 7.66. The Balaban J connectivity index is 2.89. The number of nitrogens with one attached hydrogen (secondary N) is 3. The Morgan fingerprint density at radius 2 is 1.57 bits per heavy atom. The Kier molecular flexibility index (Phi) is 11.0. The number of rotatable bonds is 11. The molecule has 0 heterocycles. The molecule has 0 aliphatic heterocycles. The average molecular weight is 438 g/mol. The first-order valence-corrected chi connectivity index (χ1v) is 10.3. The molecule has 3 atom stereocenters. The fourth-order valence-corrected chi connectivity index (χ4v) is 3.03. The van der Waals surface area contributed by atoms with E-state index in [4.69, 9.17) is 0 Å². The number of benzene rings is 1. The lowest BCUT2D eigenvalue weighted by atomic mass is 10.0. The fourth-order valence-electron chi connectivity index (χ4n) is 2.81. The fraction of sp³-hybridized carbons (Fsp3) is 0.524. The molecule has 3 N–H and O–H groups in total. The summed E-state index contributed by atoms with van der Waals surface area (Å²) >= 11 is 4.13. The number of ether oxygens (including phenoxy) is 1. The molecule has 0 fully saturated rings. The first-order valence-electron chi connectivity index (χ1n) is 9.79. The van der Waals surface area contributed by atoms with Gasteiger partial charge in [0.1, 0.15) is 12.1 Å². The zero-order valence-corrected chi connectivity index (χ0v) is 18.7. The zero-order valence-electron chi connectivity index (χ0n) is 17.8. The van der Waals surface area contributed by atoms with Crippen LogP contribution in [0.2, 0.25) is 0 Å². The molecule has 1 aromatic rings. The molecule has 8 nitrogen and oxygen atoms in total. The van der Waals surface area contributed by atoms with Gasteiger partial charge >= 0.3 is 5.97 Å². The second-order valence-corrected chi connectivity index (χ2v) is 7.98. The topological polar surface area (TPSA) is 114 Å². The van der Waals surface area contributed by atoms with Gasteiger partial charge in [-0.25, -0.2) is 0 Å². The number of amides is 3. The maximum Gasteiger partial charge on any atom is 0.307 e. The third-order valence-electron chi connectivity index (χ3n) is 4.39. The molecule has 0 radical (unpaired) electrons. The average Bonchev–Trinajstić information content (AvgIpc) is 2.72. The third kappa shape index (κ3) is 8.86. The maximum atomic E-state index is 12.9. The van der Waals surface area contributed by atoms with Crippen LogP contribution in [0.4, 0.5) is 0 Å². The number of hydrogen-bond donors (Lipinski definition) is 4. The second-order valence-electron chi connectivity index (χ2n) is 7.35. The molecular weight excluding hydrogens is 406 g/mol. The smallest absolute Gasteiger partial charge is 0.307 e. The van der Waals surface area contributed by atoms with Crippen molar-refractivity contribution in [2.45, 2.75) is 50.4 Å². The Morgan fingerprint density at radius 1 is 0.967 bits per heavy atom. The van der Waals surface area contributed by atoms with Crippen LogP contribution in [0.5, 0.6) is 0 Å². The zero-order chi connectivity index (χ0) is 22.7. The Morgan fingerprint density at radius 3 is 2.10 bits per heavy atom. The van der Waals surface area contributed by atoms with Crippen molar-refractivity contribution in [1.82, 2.24) is 16.0 Å². The van der Waals surface area contributed by atoms with E-state index in [2.05, 4.69) is 33.3 Å². The molecule has 0 aromatic heterocycles. The number of carbonyl (C=O) groups excluding carboxylic acids is 4. The molecular formula is C21H31N3O5S. The van der Waals surface area contributed by atoms with Crippen LogP contribution in [0.1, 0.15) is 32.3 Å². The van der Waals surface area contributed by atoms with Crippen molar-refractivity contribution in [1.29, 1.82) is 0 Å². The highest BCUT2D eigenvalue weighted by Crippen LogP contribution is 2.10. The van der Waals surface area contributed by atoms with E-state index in [1.807, 2.05) is 44.2 Å². The summed E-state index contributed by atoms with van der Waals surface area (Å²) in [5.74, 6) is -1.82. The lowest BCUT2D eigenvalue weighted by Gasteiger charge is -2.24. The molecule has 30 heavy (non-hydrogen) atoms. The van der Waals surface area contributed by atoms with Crippen molar-refractivity contribution in [2.24, 2.45) is 5.92 Å². The molecule has 0 saturated heterocycles. The van der Waals surface area contributed by atoms with Gasteiger partial charge < -0.3 is 20.7 Å². The van der Waals surface area contributed by atoms with E-state index in [9.17, 15) is 19.2 Å². The summed E-state index contributed by atoms with van der Waals surface area (Å²) in [7, 11) is 2.72. The van der Waals surface area contributed by atoms with Gasteiger partial charge in [0.2, 0.25) is 17.7 Å². The summed E-state index contributed by atoms with van der Waals surface area (Å²) < 4.78 is 4.54. The van der Waals surface area contributed by atoms with Gasteiger partial charge in [-0.1, -0.05) is 44.2 Å². The first-order chi connectivity index (χ1) is 14.2. The van der Waals surface area contributed by atoms with Crippen molar-refractivity contribution < 1.29 is 23.9 Å². The highest BCUT2D eigenvalue weighted by Gasteiger charge is 2.29. The van der Waals surface area contributed by atoms with Crippen molar-refractivity contribution in [2.75, 3.05) is 14.2 Å². The molecule has 0 aliphatic carbocycles. The van der Waals surface area contributed by atoms with E-state index >= 15 is 0 Å². The van der Waals surface area contributed by atoms with E-state index in [0.29, 0.717) is 12.8 Å². The summed E-state index contributed by atoms with van der Waals surface area (Å²) in [4.78, 5) is 49.0. The van der Waals surface area contributed by atoms with E-state index in [1.54, 1.807) is 0 Å². The van der Waals surface area contributed by atoms with Crippen molar-refractivity contribution >= 4 is 36.3 Å². The van der Waals surface area contributed by atoms with Gasteiger partial charge in [-0.3, -0.25) is 19.2 Å². The predicted molar refractivity (Wildman–Crippen MR) is 117 cm³/mol. The molecule has 0 bridgehead atoms. The maximum absolute atomic E-state index is 12.9. The van der Waals surface area contributed by atoms with E-state index in [1.165, 1.54) is 14.2 Å². The van der Waals surface area contributed by atoms with Crippen molar-refractivity contribution in [3.05, 3.63) is 35.9 Å². The number of carbonyl (C=O) groups is 4. The van der Waals surface area contributed by atoms with Crippen LogP contribution in [0.25, 0.3) is 0 Å². The molecule has 3 amide bonds. The molecule has 1 rings (SSSR count). The minimum Gasteiger partial charge on any atom is -0.469 e. The van der Waals surface area contributed by atoms with Gasteiger partial charge in [0.25, 0.3) is 0 Å². The van der Waals surface area contributed by atoms with Gasteiger partial charge in [-0.2, -0.15) is 12.6 Å². The molecule has 0 aliphatic rings. The standard InChI is InChI=1S/C21H31N3O5S/c1-13(2)10-15(24-21(28)17(30)12-18(25)29-4)20(27)23-16(19(26)22-3)11-14-8-6-5-7-9-14/h5-9,13,15-17,30H,10-12H2,1-4H3,(H,22,26)(H,23,27)(H,24,28)/t15?,16-,17?/m0/s1. The molecule has 2 unspecified atom stereocenters. The normalized spacial score (nSPS) is 13.7. The number of esters is 1. The quantitative estimate of drug-likeness (QED) is 0.303. The van der Waals surface area contributed by atoms with Crippen LogP contribution in [-0.4, -0.2) is 55.2 Å². The first kappa shape index (κ1) is 25.5. The van der Waals surface area contributed by atoms with Crippen LogP contribution >= 0.6 is 12.6 Å². The van der Waals surface area contributed by atoms with E-state index in [-0.39, 0.29) is 18.2 Å². The third-order valence-corrected chi connectivity index (χ3v) is 4.81. The van der Waals surface area contributed by atoms with Gasteiger partial charge in [0.05, 0.1) is 18.8 Å².